The van der Waals surface area contributed by atoms with Gasteiger partial charge in [-0.2, -0.15) is 4.31 Å². The summed E-state index contributed by atoms with van der Waals surface area (Å²) in [5, 5.41) is 5.78. The van der Waals surface area contributed by atoms with E-state index in [1.807, 2.05) is 18.2 Å². The minimum Gasteiger partial charge on any atom is -0.345 e. The van der Waals surface area contributed by atoms with Gasteiger partial charge < -0.3 is 15.1 Å². The van der Waals surface area contributed by atoms with Gasteiger partial charge in [0.1, 0.15) is 4.21 Å². The minimum atomic E-state index is -3.54. The Morgan fingerprint density at radius 3 is 2.73 bits per heavy atom. The first-order valence-corrected chi connectivity index (χ1v) is 14.2. The SMILES string of the molecule is CN1CCN(c2nc3ccc(NC(=O)[C@H]4CCCN(S(=O)(=O)c5cccs5)C4)cc3s2)CC1. The minimum absolute atomic E-state index is 0.135. The van der Waals surface area contributed by atoms with Gasteiger partial charge in [-0.05, 0) is 49.5 Å². The number of carbonyl (C=O) groups is 1. The van der Waals surface area contributed by atoms with E-state index in [4.69, 9.17) is 4.98 Å². The van der Waals surface area contributed by atoms with Gasteiger partial charge in [-0.1, -0.05) is 17.4 Å². The molecule has 0 aliphatic carbocycles. The number of likely N-dealkylation sites (N-methyl/N-ethyl adjacent to an activating group) is 1. The average molecular weight is 506 g/mol. The smallest absolute Gasteiger partial charge is 0.252 e. The lowest BCUT2D eigenvalue weighted by Crippen LogP contribution is -2.44. The predicted octanol–water partition coefficient (Wildman–Crippen LogP) is 3.15. The third kappa shape index (κ3) is 4.78. The van der Waals surface area contributed by atoms with Crippen molar-refractivity contribution in [2.75, 3.05) is 56.5 Å². The Kier molecular flexibility index (Phi) is 6.41. The molecule has 1 N–H and O–H groups in total. The van der Waals surface area contributed by atoms with Crippen LogP contribution in [0.1, 0.15) is 12.8 Å². The molecule has 2 fully saturated rings. The lowest BCUT2D eigenvalue weighted by Gasteiger charge is -2.32. The van der Waals surface area contributed by atoms with Crippen molar-refractivity contribution in [1.82, 2.24) is 14.2 Å². The van der Waals surface area contributed by atoms with Crippen LogP contribution >= 0.6 is 22.7 Å². The maximum Gasteiger partial charge on any atom is 0.252 e. The number of carbonyl (C=O) groups excluding carboxylic acids is 1. The van der Waals surface area contributed by atoms with E-state index in [-0.39, 0.29) is 18.4 Å². The van der Waals surface area contributed by atoms with Gasteiger partial charge >= 0.3 is 0 Å². The summed E-state index contributed by atoms with van der Waals surface area (Å²) in [6.07, 6.45) is 1.35. The maximum atomic E-state index is 13.0. The highest BCUT2D eigenvalue weighted by atomic mass is 32.2. The van der Waals surface area contributed by atoms with Gasteiger partial charge in [0.15, 0.2) is 5.13 Å². The van der Waals surface area contributed by atoms with E-state index in [1.54, 1.807) is 28.8 Å². The monoisotopic (exact) mass is 505 g/mol. The van der Waals surface area contributed by atoms with Crippen LogP contribution in [0.25, 0.3) is 10.2 Å². The molecule has 1 aromatic carbocycles. The summed E-state index contributed by atoms with van der Waals surface area (Å²) >= 11 is 2.85. The van der Waals surface area contributed by atoms with Gasteiger partial charge in [-0.3, -0.25) is 4.79 Å². The highest BCUT2D eigenvalue weighted by Gasteiger charge is 2.33. The molecule has 0 radical (unpaired) electrons. The number of amides is 1. The van der Waals surface area contributed by atoms with Gasteiger partial charge in [-0.25, -0.2) is 13.4 Å². The van der Waals surface area contributed by atoms with Crippen molar-refractivity contribution in [2.24, 2.45) is 5.92 Å². The van der Waals surface area contributed by atoms with Crippen molar-refractivity contribution in [1.29, 1.82) is 0 Å². The van der Waals surface area contributed by atoms with Crippen LogP contribution in [0.4, 0.5) is 10.8 Å². The Morgan fingerprint density at radius 1 is 1.15 bits per heavy atom. The first kappa shape index (κ1) is 22.7. The fourth-order valence-electron chi connectivity index (χ4n) is 4.28. The first-order valence-electron chi connectivity index (χ1n) is 11.1. The van der Waals surface area contributed by atoms with Gasteiger partial charge in [-0.15, -0.1) is 11.3 Å². The molecular weight excluding hydrogens is 478 g/mol. The van der Waals surface area contributed by atoms with Crippen LogP contribution in [0, 0.1) is 5.92 Å². The van der Waals surface area contributed by atoms with Crippen molar-refractivity contribution >= 4 is 59.6 Å². The van der Waals surface area contributed by atoms with E-state index in [9.17, 15) is 13.2 Å². The second-order valence-electron chi connectivity index (χ2n) is 8.59. The third-order valence-electron chi connectivity index (χ3n) is 6.26. The Bertz CT molecular complexity index is 1230. The normalized spacial score (nSPS) is 20.9. The molecule has 0 unspecified atom stereocenters. The summed E-state index contributed by atoms with van der Waals surface area (Å²) in [5.74, 6) is -0.504. The van der Waals surface area contributed by atoms with E-state index in [0.29, 0.717) is 23.6 Å². The number of benzene rings is 1. The van der Waals surface area contributed by atoms with Crippen molar-refractivity contribution in [3.05, 3.63) is 35.7 Å². The molecule has 11 heteroatoms. The molecule has 5 rings (SSSR count). The third-order valence-corrected chi connectivity index (χ3v) is 10.6. The number of fused-ring (bicyclic) bond motifs is 1. The zero-order chi connectivity index (χ0) is 23.0. The maximum absolute atomic E-state index is 13.0. The Morgan fingerprint density at radius 2 is 1.97 bits per heavy atom. The molecule has 4 heterocycles. The fraction of sp³-hybridized carbons (Fsp3) is 0.455. The first-order chi connectivity index (χ1) is 15.9. The number of hydrogen-bond donors (Lipinski definition) is 1. The van der Waals surface area contributed by atoms with Crippen molar-refractivity contribution in [3.63, 3.8) is 0 Å². The molecule has 1 amide bonds. The van der Waals surface area contributed by atoms with E-state index in [2.05, 4.69) is 22.2 Å². The number of hydrogen-bond acceptors (Lipinski definition) is 8. The molecule has 8 nitrogen and oxygen atoms in total. The number of piperazine rings is 1. The topological polar surface area (TPSA) is 85.8 Å². The summed E-state index contributed by atoms with van der Waals surface area (Å²) in [6.45, 7) is 4.64. The lowest BCUT2D eigenvalue weighted by atomic mass is 9.99. The summed E-state index contributed by atoms with van der Waals surface area (Å²) < 4.78 is 28.5. The molecule has 1 atom stereocenters. The Balaban J connectivity index is 1.26. The molecule has 2 aromatic heterocycles. The van der Waals surface area contributed by atoms with E-state index >= 15 is 0 Å². The summed E-state index contributed by atoms with van der Waals surface area (Å²) in [7, 11) is -1.41. The van der Waals surface area contributed by atoms with Crippen molar-refractivity contribution in [2.45, 2.75) is 17.1 Å². The zero-order valence-corrected chi connectivity index (χ0v) is 20.9. The molecule has 3 aromatic rings. The number of sulfonamides is 1. The number of thiazole rings is 1. The molecule has 176 valence electrons. The van der Waals surface area contributed by atoms with Crippen LogP contribution in [0.2, 0.25) is 0 Å². The largest absolute Gasteiger partial charge is 0.345 e. The molecule has 0 spiro atoms. The summed E-state index contributed by atoms with van der Waals surface area (Å²) in [4.78, 5) is 22.4. The molecule has 2 aliphatic rings. The Hall–Kier alpha value is -2.05. The van der Waals surface area contributed by atoms with Gasteiger partial charge in [0, 0.05) is 45.0 Å². The van der Waals surface area contributed by atoms with Crippen LogP contribution in [-0.2, 0) is 14.8 Å². The molecular formula is C22H27N5O3S3. The van der Waals surface area contributed by atoms with Crippen LogP contribution < -0.4 is 10.2 Å². The lowest BCUT2D eigenvalue weighted by molar-refractivity contribution is -0.120. The van der Waals surface area contributed by atoms with Gasteiger partial charge in [0.25, 0.3) is 10.0 Å². The molecule has 2 aliphatic heterocycles. The summed E-state index contributed by atoms with van der Waals surface area (Å²) in [6, 6.07) is 9.13. The second kappa shape index (κ2) is 9.30. The molecule has 0 bridgehead atoms. The summed E-state index contributed by atoms with van der Waals surface area (Å²) in [5.41, 5.74) is 1.65. The van der Waals surface area contributed by atoms with Crippen LogP contribution in [0.3, 0.4) is 0 Å². The van der Waals surface area contributed by atoms with Gasteiger partial charge in [0.2, 0.25) is 5.91 Å². The van der Waals surface area contributed by atoms with E-state index in [0.717, 1.165) is 47.2 Å². The second-order valence-corrected chi connectivity index (χ2v) is 12.7. The number of anilines is 2. The number of aromatic nitrogens is 1. The van der Waals surface area contributed by atoms with Crippen LogP contribution in [-0.4, -0.2) is 74.8 Å². The van der Waals surface area contributed by atoms with Crippen molar-refractivity contribution < 1.29 is 13.2 Å². The number of thiophene rings is 1. The van der Waals surface area contributed by atoms with Crippen molar-refractivity contribution in [3.8, 4) is 0 Å². The molecule has 2 saturated heterocycles. The van der Waals surface area contributed by atoms with E-state index in [1.165, 1.54) is 15.6 Å². The number of rotatable bonds is 5. The number of nitrogens with one attached hydrogen (secondary N) is 1. The average Bonchev–Trinajstić information content (AvgIpc) is 3.50. The van der Waals surface area contributed by atoms with Gasteiger partial charge in [0.05, 0.1) is 16.1 Å². The zero-order valence-electron chi connectivity index (χ0n) is 18.4. The van der Waals surface area contributed by atoms with Crippen LogP contribution in [0.15, 0.2) is 39.9 Å². The fourth-order valence-corrected chi connectivity index (χ4v) is 8.00. The van der Waals surface area contributed by atoms with E-state index < -0.39 is 10.0 Å². The highest BCUT2D eigenvalue weighted by Crippen LogP contribution is 2.32. The predicted molar refractivity (Wildman–Crippen MR) is 134 cm³/mol. The molecule has 33 heavy (non-hydrogen) atoms. The number of piperidine rings is 1. The quantitative estimate of drug-likeness (QED) is 0.573. The Labute approximate surface area is 201 Å². The highest BCUT2D eigenvalue weighted by molar-refractivity contribution is 7.91. The van der Waals surface area contributed by atoms with Crippen LogP contribution in [0.5, 0.6) is 0 Å². The number of nitrogens with zero attached hydrogens (tertiary/aromatic N) is 4. The standard InChI is InChI=1S/C22H27N5O3S3/c1-25-9-11-26(12-10-25)22-24-18-7-6-17(14-19(18)32-22)23-21(28)16-4-2-8-27(15-16)33(29,30)20-5-3-13-31-20/h3,5-7,13-14,16H,2,4,8-12,15H2,1H3,(H,23,28)/t16-/m0/s1. The molecule has 0 saturated carbocycles.